The van der Waals surface area contributed by atoms with Crippen LogP contribution in [-0.4, -0.2) is 21.3 Å². The first-order valence-corrected chi connectivity index (χ1v) is 6.87. The van der Waals surface area contributed by atoms with Crippen LogP contribution in [0.3, 0.4) is 0 Å². The molecule has 19 heavy (non-hydrogen) atoms. The Kier molecular flexibility index (Phi) is 4.32. The summed E-state index contributed by atoms with van der Waals surface area (Å²) >= 11 is 0. The van der Waals surface area contributed by atoms with Gasteiger partial charge in [-0.1, -0.05) is 13.8 Å². The monoisotopic (exact) mass is 258 g/mol. The van der Waals surface area contributed by atoms with Gasteiger partial charge in [0.25, 0.3) is 0 Å². The van der Waals surface area contributed by atoms with Crippen LogP contribution < -0.4 is 5.32 Å². The van der Waals surface area contributed by atoms with E-state index in [4.69, 9.17) is 0 Å². The highest BCUT2D eigenvalue weighted by molar-refractivity contribution is 5.37. The zero-order valence-corrected chi connectivity index (χ0v) is 12.2. The van der Waals surface area contributed by atoms with Crippen molar-refractivity contribution in [2.24, 2.45) is 0 Å². The second-order valence-electron chi connectivity index (χ2n) is 4.75. The van der Waals surface area contributed by atoms with E-state index in [0.717, 1.165) is 30.9 Å². The first-order valence-electron chi connectivity index (χ1n) is 6.87. The zero-order chi connectivity index (χ0) is 13.8. The van der Waals surface area contributed by atoms with E-state index < -0.39 is 0 Å². The summed E-state index contributed by atoms with van der Waals surface area (Å²) in [4.78, 5) is 4.32. The van der Waals surface area contributed by atoms with Crippen LogP contribution in [0, 0.1) is 13.8 Å². The molecule has 0 amide bonds. The fraction of sp³-hybridized carbons (Fsp3) is 0.467. The van der Waals surface area contributed by atoms with Crippen LogP contribution in [0.25, 0.3) is 5.69 Å². The summed E-state index contributed by atoms with van der Waals surface area (Å²) in [5.74, 6) is 0. The van der Waals surface area contributed by atoms with Gasteiger partial charge in [0.05, 0.1) is 17.6 Å². The number of pyridine rings is 1. The number of hydrogen-bond acceptors (Lipinski definition) is 3. The van der Waals surface area contributed by atoms with Gasteiger partial charge in [-0.3, -0.25) is 4.98 Å². The van der Waals surface area contributed by atoms with Gasteiger partial charge >= 0.3 is 0 Å². The molecule has 2 rings (SSSR count). The Bertz CT molecular complexity index is 557. The molecule has 1 N–H and O–H groups in total. The van der Waals surface area contributed by atoms with Gasteiger partial charge in [-0.05, 0) is 44.0 Å². The topological polar surface area (TPSA) is 42.7 Å². The number of aromatic nitrogens is 3. The molecular formula is C15H22N4. The molecule has 0 bridgehead atoms. The van der Waals surface area contributed by atoms with Gasteiger partial charge in [0.2, 0.25) is 0 Å². The third-order valence-corrected chi connectivity index (χ3v) is 3.40. The fourth-order valence-electron chi connectivity index (χ4n) is 2.39. The molecule has 0 radical (unpaired) electrons. The van der Waals surface area contributed by atoms with Gasteiger partial charge in [0, 0.05) is 18.4 Å². The highest BCUT2D eigenvalue weighted by Gasteiger charge is 2.11. The average Bonchev–Trinajstić information content (AvgIpc) is 2.71. The quantitative estimate of drug-likeness (QED) is 0.896. The largest absolute Gasteiger partial charge is 0.313 e. The van der Waals surface area contributed by atoms with Crippen molar-refractivity contribution in [2.75, 3.05) is 6.54 Å². The molecule has 0 saturated heterocycles. The minimum atomic E-state index is 0.845. The van der Waals surface area contributed by atoms with E-state index in [-0.39, 0.29) is 0 Å². The van der Waals surface area contributed by atoms with Crippen molar-refractivity contribution in [3.8, 4) is 5.69 Å². The highest BCUT2D eigenvalue weighted by atomic mass is 15.3. The Labute approximate surface area is 114 Å². The van der Waals surface area contributed by atoms with Crippen LogP contribution in [0.2, 0.25) is 0 Å². The van der Waals surface area contributed by atoms with E-state index in [2.05, 4.69) is 49.2 Å². The lowest BCUT2D eigenvalue weighted by Crippen LogP contribution is -2.12. The Morgan fingerprint density at radius 3 is 2.63 bits per heavy atom. The third-order valence-electron chi connectivity index (χ3n) is 3.40. The number of rotatable bonds is 5. The fourth-order valence-corrected chi connectivity index (χ4v) is 2.39. The van der Waals surface area contributed by atoms with Gasteiger partial charge in [0.1, 0.15) is 0 Å². The van der Waals surface area contributed by atoms with Crippen molar-refractivity contribution >= 4 is 0 Å². The van der Waals surface area contributed by atoms with E-state index in [1.807, 2.05) is 17.1 Å². The molecule has 0 atom stereocenters. The van der Waals surface area contributed by atoms with E-state index >= 15 is 0 Å². The molecule has 0 aromatic carbocycles. The Morgan fingerprint density at radius 2 is 2.00 bits per heavy atom. The molecule has 0 saturated carbocycles. The molecule has 0 fully saturated rings. The summed E-state index contributed by atoms with van der Waals surface area (Å²) in [7, 11) is 0. The summed E-state index contributed by atoms with van der Waals surface area (Å²) in [5.41, 5.74) is 5.87. The Hall–Kier alpha value is -1.68. The minimum absolute atomic E-state index is 0.845. The number of hydrogen-bond donors (Lipinski definition) is 1. The maximum Gasteiger partial charge on any atom is 0.0835 e. The van der Waals surface area contributed by atoms with Crippen molar-refractivity contribution in [1.82, 2.24) is 20.1 Å². The maximum atomic E-state index is 4.63. The minimum Gasteiger partial charge on any atom is -0.313 e. The summed E-state index contributed by atoms with van der Waals surface area (Å²) in [6.45, 7) is 10.3. The molecule has 0 aliphatic heterocycles. The molecule has 2 aromatic rings. The SMILES string of the molecule is CCNCc1cncc(-n2nc(C)c(CC)c2C)c1. The average molecular weight is 258 g/mol. The number of nitrogens with zero attached hydrogens (tertiary/aromatic N) is 3. The van der Waals surface area contributed by atoms with Crippen molar-refractivity contribution in [3.63, 3.8) is 0 Å². The van der Waals surface area contributed by atoms with Gasteiger partial charge in [-0.25, -0.2) is 4.68 Å². The van der Waals surface area contributed by atoms with E-state index in [1.54, 1.807) is 0 Å². The maximum absolute atomic E-state index is 4.63. The number of nitrogens with one attached hydrogen (secondary N) is 1. The lowest BCUT2D eigenvalue weighted by molar-refractivity contribution is 0.721. The molecule has 102 valence electrons. The summed E-state index contributed by atoms with van der Waals surface area (Å²) < 4.78 is 2.00. The summed E-state index contributed by atoms with van der Waals surface area (Å²) in [6, 6.07) is 2.15. The molecule has 2 heterocycles. The standard InChI is InChI=1S/C15H22N4/c1-5-15-11(3)18-19(12(15)4)14-7-13(8-16-6-2)9-17-10-14/h7,9-10,16H,5-6,8H2,1-4H3. The van der Waals surface area contributed by atoms with Crippen molar-refractivity contribution < 1.29 is 0 Å². The predicted octanol–water partition coefficient (Wildman–Crippen LogP) is 2.56. The molecular weight excluding hydrogens is 236 g/mol. The van der Waals surface area contributed by atoms with Crippen LogP contribution in [0.5, 0.6) is 0 Å². The first-order chi connectivity index (χ1) is 9.17. The zero-order valence-electron chi connectivity index (χ0n) is 12.2. The summed E-state index contributed by atoms with van der Waals surface area (Å²) in [5, 5.41) is 7.94. The number of aryl methyl sites for hydroxylation is 1. The van der Waals surface area contributed by atoms with Gasteiger partial charge in [0.15, 0.2) is 0 Å². The van der Waals surface area contributed by atoms with Gasteiger partial charge < -0.3 is 5.32 Å². The van der Waals surface area contributed by atoms with E-state index in [1.165, 1.54) is 16.8 Å². The van der Waals surface area contributed by atoms with Crippen LogP contribution in [0.15, 0.2) is 18.5 Å². The molecule has 0 aliphatic carbocycles. The van der Waals surface area contributed by atoms with Crippen LogP contribution in [-0.2, 0) is 13.0 Å². The van der Waals surface area contributed by atoms with Crippen LogP contribution >= 0.6 is 0 Å². The molecule has 0 spiro atoms. The molecule has 2 aromatic heterocycles. The first kappa shape index (κ1) is 13.7. The normalized spacial score (nSPS) is 10.9. The smallest absolute Gasteiger partial charge is 0.0835 e. The second-order valence-corrected chi connectivity index (χ2v) is 4.75. The summed E-state index contributed by atoms with van der Waals surface area (Å²) in [6.07, 6.45) is 4.79. The van der Waals surface area contributed by atoms with Gasteiger partial charge in [-0.2, -0.15) is 5.10 Å². The third kappa shape index (κ3) is 2.84. The van der Waals surface area contributed by atoms with E-state index in [9.17, 15) is 0 Å². The lowest BCUT2D eigenvalue weighted by Gasteiger charge is -2.07. The Morgan fingerprint density at radius 1 is 1.21 bits per heavy atom. The highest BCUT2D eigenvalue weighted by Crippen LogP contribution is 2.18. The predicted molar refractivity (Wildman–Crippen MR) is 77.6 cm³/mol. The second kappa shape index (κ2) is 5.97. The van der Waals surface area contributed by atoms with Gasteiger partial charge in [-0.15, -0.1) is 0 Å². The van der Waals surface area contributed by atoms with Crippen LogP contribution in [0.4, 0.5) is 0 Å². The Balaban J connectivity index is 2.36. The molecule has 0 aliphatic rings. The van der Waals surface area contributed by atoms with E-state index in [0.29, 0.717) is 0 Å². The van der Waals surface area contributed by atoms with Crippen LogP contribution in [0.1, 0.15) is 36.4 Å². The molecule has 0 unspecified atom stereocenters. The molecule has 4 heteroatoms. The van der Waals surface area contributed by atoms with Crippen molar-refractivity contribution in [1.29, 1.82) is 0 Å². The van der Waals surface area contributed by atoms with Crippen molar-refractivity contribution in [2.45, 2.75) is 40.7 Å². The van der Waals surface area contributed by atoms with Crippen molar-refractivity contribution in [3.05, 3.63) is 41.0 Å². The molecule has 4 nitrogen and oxygen atoms in total. The lowest BCUT2D eigenvalue weighted by atomic mass is 10.1.